The SMILES string of the molecule is O=C(O)c1ccnc(C=Cc2cc(Cl)c3c(c2)OCCO3)c1. The molecule has 0 amide bonds. The third kappa shape index (κ3) is 3.04. The number of pyridine rings is 1. The molecule has 3 rings (SSSR count). The second-order valence-electron chi connectivity index (χ2n) is 4.63. The quantitative estimate of drug-likeness (QED) is 0.940. The number of carboxylic acids is 1. The molecular formula is C16H12ClNO4. The Kier molecular flexibility index (Phi) is 3.98. The Labute approximate surface area is 131 Å². The van der Waals surface area contributed by atoms with Crippen LogP contribution < -0.4 is 9.47 Å². The lowest BCUT2D eigenvalue weighted by atomic mass is 10.1. The molecule has 6 heteroatoms. The summed E-state index contributed by atoms with van der Waals surface area (Å²) in [6, 6.07) is 6.52. The van der Waals surface area contributed by atoms with Crippen LogP contribution in [0.3, 0.4) is 0 Å². The molecule has 1 aliphatic heterocycles. The van der Waals surface area contributed by atoms with Crippen LogP contribution in [0.1, 0.15) is 21.6 Å². The van der Waals surface area contributed by atoms with E-state index in [9.17, 15) is 4.79 Å². The number of aromatic nitrogens is 1. The van der Waals surface area contributed by atoms with Gasteiger partial charge in [0.15, 0.2) is 11.5 Å². The van der Waals surface area contributed by atoms with Crippen LogP contribution in [0.15, 0.2) is 30.5 Å². The summed E-state index contributed by atoms with van der Waals surface area (Å²) in [4.78, 5) is 15.0. The fraction of sp³-hybridized carbons (Fsp3) is 0.125. The first-order valence-corrected chi connectivity index (χ1v) is 6.98. The molecule has 0 bridgehead atoms. The van der Waals surface area contributed by atoms with Crippen molar-refractivity contribution in [3.05, 3.63) is 52.3 Å². The summed E-state index contributed by atoms with van der Waals surface area (Å²) in [6.07, 6.45) is 4.96. The van der Waals surface area contributed by atoms with Crippen molar-refractivity contribution in [3.63, 3.8) is 0 Å². The van der Waals surface area contributed by atoms with Gasteiger partial charge < -0.3 is 14.6 Å². The van der Waals surface area contributed by atoms with Crippen molar-refractivity contribution in [2.75, 3.05) is 13.2 Å². The van der Waals surface area contributed by atoms with E-state index in [1.54, 1.807) is 18.2 Å². The molecular weight excluding hydrogens is 306 g/mol. The lowest BCUT2D eigenvalue weighted by Crippen LogP contribution is -2.15. The fourth-order valence-corrected chi connectivity index (χ4v) is 2.35. The second kappa shape index (κ2) is 6.07. The van der Waals surface area contributed by atoms with Gasteiger partial charge in [0.25, 0.3) is 0 Å². The maximum Gasteiger partial charge on any atom is 0.335 e. The topological polar surface area (TPSA) is 68.7 Å². The summed E-state index contributed by atoms with van der Waals surface area (Å²) in [5.41, 5.74) is 1.55. The normalized spacial score (nSPS) is 13.3. The summed E-state index contributed by atoms with van der Waals surface area (Å²) in [6.45, 7) is 0.965. The van der Waals surface area contributed by atoms with Crippen molar-refractivity contribution in [1.29, 1.82) is 0 Å². The van der Waals surface area contributed by atoms with Crippen LogP contribution in [0.25, 0.3) is 12.2 Å². The molecule has 0 spiro atoms. The number of aromatic carboxylic acids is 1. The van der Waals surface area contributed by atoms with Gasteiger partial charge in [-0.3, -0.25) is 4.98 Å². The average Bonchev–Trinajstić information content (AvgIpc) is 2.53. The second-order valence-corrected chi connectivity index (χ2v) is 5.04. The molecule has 2 heterocycles. The molecule has 1 aliphatic rings. The lowest BCUT2D eigenvalue weighted by Gasteiger charge is -2.19. The van der Waals surface area contributed by atoms with E-state index in [0.29, 0.717) is 35.4 Å². The Morgan fingerprint density at radius 3 is 2.86 bits per heavy atom. The van der Waals surface area contributed by atoms with Gasteiger partial charge in [0.1, 0.15) is 13.2 Å². The highest BCUT2D eigenvalue weighted by Gasteiger charge is 2.15. The van der Waals surface area contributed by atoms with E-state index in [0.717, 1.165) is 5.56 Å². The monoisotopic (exact) mass is 317 g/mol. The smallest absolute Gasteiger partial charge is 0.335 e. The fourth-order valence-electron chi connectivity index (χ4n) is 2.08. The van der Waals surface area contributed by atoms with E-state index in [2.05, 4.69) is 4.98 Å². The van der Waals surface area contributed by atoms with Crippen molar-refractivity contribution in [2.24, 2.45) is 0 Å². The van der Waals surface area contributed by atoms with Gasteiger partial charge in [0.2, 0.25) is 0 Å². The first-order valence-electron chi connectivity index (χ1n) is 6.60. The zero-order valence-electron chi connectivity index (χ0n) is 11.5. The summed E-state index contributed by atoms with van der Waals surface area (Å²) in [5, 5.41) is 9.44. The van der Waals surface area contributed by atoms with Crippen LogP contribution in [0, 0.1) is 0 Å². The van der Waals surface area contributed by atoms with Crippen LogP contribution in [0.4, 0.5) is 0 Å². The van der Waals surface area contributed by atoms with Gasteiger partial charge in [-0.15, -0.1) is 0 Å². The first-order chi connectivity index (χ1) is 10.6. The van der Waals surface area contributed by atoms with Crippen molar-refractivity contribution in [2.45, 2.75) is 0 Å². The van der Waals surface area contributed by atoms with Crippen LogP contribution >= 0.6 is 11.6 Å². The number of carbonyl (C=O) groups is 1. The molecule has 1 N–H and O–H groups in total. The van der Waals surface area contributed by atoms with Crippen LogP contribution in [-0.4, -0.2) is 29.3 Å². The number of hydrogen-bond acceptors (Lipinski definition) is 4. The maximum absolute atomic E-state index is 10.9. The molecule has 0 saturated carbocycles. The number of hydrogen-bond donors (Lipinski definition) is 1. The molecule has 112 valence electrons. The first kappa shape index (κ1) is 14.4. The summed E-state index contributed by atoms with van der Waals surface area (Å²) in [5.74, 6) is 0.168. The number of ether oxygens (including phenoxy) is 2. The van der Waals surface area contributed by atoms with E-state index >= 15 is 0 Å². The molecule has 0 fully saturated rings. The highest BCUT2D eigenvalue weighted by atomic mass is 35.5. The predicted molar refractivity (Wildman–Crippen MR) is 82.6 cm³/mol. The molecule has 5 nitrogen and oxygen atoms in total. The molecule has 2 aromatic rings. The Balaban J connectivity index is 1.88. The molecule has 22 heavy (non-hydrogen) atoms. The Morgan fingerprint density at radius 2 is 2.05 bits per heavy atom. The molecule has 0 unspecified atom stereocenters. The van der Waals surface area contributed by atoms with Gasteiger partial charge >= 0.3 is 5.97 Å². The van der Waals surface area contributed by atoms with Gasteiger partial charge in [-0.05, 0) is 35.9 Å². The van der Waals surface area contributed by atoms with Gasteiger partial charge in [-0.25, -0.2) is 4.79 Å². The molecule has 1 aromatic carbocycles. The zero-order valence-corrected chi connectivity index (χ0v) is 12.2. The third-order valence-electron chi connectivity index (χ3n) is 3.09. The average molecular weight is 318 g/mol. The van der Waals surface area contributed by atoms with E-state index in [1.165, 1.54) is 18.3 Å². The number of carboxylic acid groups (broad SMARTS) is 1. The number of benzene rings is 1. The van der Waals surface area contributed by atoms with Crippen molar-refractivity contribution >= 4 is 29.7 Å². The minimum atomic E-state index is -0.987. The number of nitrogens with zero attached hydrogens (tertiary/aromatic N) is 1. The van der Waals surface area contributed by atoms with Gasteiger partial charge in [-0.1, -0.05) is 17.7 Å². The molecule has 1 aromatic heterocycles. The van der Waals surface area contributed by atoms with Gasteiger partial charge in [0.05, 0.1) is 16.3 Å². The lowest BCUT2D eigenvalue weighted by molar-refractivity contribution is 0.0696. The number of rotatable bonds is 3. The number of halogens is 1. The van der Waals surface area contributed by atoms with Crippen LogP contribution in [0.2, 0.25) is 5.02 Å². The summed E-state index contributed by atoms with van der Waals surface area (Å²) in [7, 11) is 0. The minimum absolute atomic E-state index is 0.190. The number of fused-ring (bicyclic) bond motifs is 1. The third-order valence-corrected chi connectivity index (χ3v) is 3.37. The zero-order chi connectivity index (χ0) is 15.5. The molecule has 0 saturated heterocycles. The standard InChI is InChI=1S/C16H12ClNO4/c17-13-7-10(8-14-15(13)22-6-5-21-14)1-2-12-9-11(16(19)20)3-4-18-12/h1-4,7-9H,5-6H2,(H,19,20). The largest absolute Gasteiger partial charge is 0.486 e. The highest BCUT2D eigenvalue weighted by molar-refractivity contribution is 6.32. The Hall–Kier alpha value is -2.53. The van der Waals surface area contributed by atoms with E-state index in [4.69, 9.17) is 26.2 Å². The predicted octanol–water partition coefficient (Wildman–Crippen LogP) is 3.37. The summed E-state index contributed by atoms with van der Waals surface area (Å²) >= 11 is 6.16. The molecule has 0 atom stereocenters. The Morgan fingerprint density at radius 1 is 1.23 bits per heavy atom. The minimum Gasteiger partial charge on any atom is -0.486 e. The Bertz CT molecular complexity index is 758. The van der Waals surface area contributed by atoms with Crippen molar-refractivity contribution in [1.82, 2.24) is 4.98 Å². The highest BCUT2D eigenvalue weighted by Crippen LogP contribution is 2.38. The van der Waals surface area contributed by atoms with E-state index < -0.39 is 5.97 Å². The maximum atomic E-state index is 10.9. The van der Waals surface area contributed by atoms with E-state index in [-0.39, 0.29) is 5.56 Å². The molecule has 0 radical (unpaired) electrons. The van der Waals surface area contributed by atoms with Crippen LogP contribution in [0.5, 0.6) is 11.5 Å². The van der Waals surface area contributed by atoms with Gasteiger partial charge in [-0.2, -0.15) is 0 Å². The van der Waals surface area contributed by atoms with Crippen molar-refractivity contribution < 1.29 is 19.4 Å². The van der Waals surface area contributed by atoms with E-state index in [1.807, 2.05) is 6.07 Å². The van der Waals surface area contributed by atoms with Crippen molar-refractivity contribution in [3.8, 4) is 11.5 Å². The molecule has 0 aliphatic carbocycles. The van der Waals surface area contributed by atoms with Gasteiger partial charge in [0, 0.05) is 6.20 Å². The van der Waals surface area contributed by atoms with Crippen LogP contribution in [-0.2, 0) is 0 Å². The summed E-state index contributed by atoms with van der Waals surface area (Å²) < 4.78 is 11.0.